The summed E-state index contributed by atoms with van der Waals surface area (Å²) in [5, 5.41) is 23.4. The first-order valence-electron chi connectivity index (χ1n) is 12.1. The van der Waals surface area contributed by atoms with Gasteiger partial charge in [-0.1, -0.05) is 42.3 Å². The van der Waals surface area contributed by atoms with Crippen molar-refractivity contribution < 1.29 is 13.7 Å². The lowest BCUT2D eigenvalue weighted by Gasteiger charge is -2.25. The standard InChI is InChI=1S/C27H25ClFN5O2S2/c28-19-10-8-18(9-11-19)17-34-24-13-12-20(38(36)33-14-4-1-5-15-33)16-21(24)25(26(34)35)31-32-27(37)30-23-7-3-2-6-22(23)29/h2-3,6-13,16,35H,1,4-5,14-15,17H2,(H,30,37). The van der Waals surface area contributed by atoms with Crippen molar-refractivity contribution in [3.8, 4) is 5.88 Å². The van der Waals surface area contributed by atoms with Crippen LogP contribution in [0.5, 0.6) is 5.88 Å². The van der Waals surface area contributed by atoms with Crippen LogP contribution in [0.4, 0.5) is 15.8 Å². The lowest BCUT2D eigenvalue weighted by atomic mass is 10.2. The summed E-state index contributed by atoms with van der Waals surface area (Å²) in [6.07, 6.45) is 3.16. The molecule has 0 bridgehead atoms. The Labute approximate surface area is 232 Å². The summed E-state index contributed by atoms with van der Waals surface area (Å²) in [6.45, 7) is 1.90. The predicted octanol–water partition coefficient (Wildman–Crippen LogP) is 7.18. The molecule has 1 saturated heterocycles. The van der Waals surface area contributed by atoms with E-state index in [1.54, 1.807) is 34.9 Å². The number of aromatic hydroxyl groups is 1. The van der Waals surface area contributed by atoms with Gasteiger partial charge in [0.25, 0.3) is 0 Å². The van der Waals surface area contributed by atoms with Gasteiger partial charge in [-0.15, -0.1) is 10.2 Å². The van der Waals surface area contributed by atoms with Gasteiger partial charge in [0.1, 0.15) is 16.8 Å². The van der Waals surface area contributed by atoms with Gasteiger partial charge in [-0.05, 0) is 73.1 Å². The Morgan fingerprint density at radius 2 is 1.82 bits per heavy atom. The highest BCUT2D eigenvalue weighted by molar-refractivity contribution is 7.82. The summed E-state index contributed by atoms with van der Waals surface area (Å²) < 4.78 is 31.0. The number of fused-ring (bicyclic) bond motifs is 1. The Hall–Kier alpha value is -3.18. The lowest BCUT2D eigenvalue weighted by molar-refractivity contribution is 0.365. The van der Waals surface area contributed by atoms with E-state index in [1.165, 1.54) is 12.1 Å². The Kier molecular flexibility index (Phi) is 8.13. The fourth-order valence-corrected chi connectivity index (χ4v) is 5.99. The molecule has 1 aliphatic heterocycles. The summed E-state index contributed by atoms with van der Waals surface area (Å²) in [4.78, 5) is 0.617. The summed E-state index contributed by atoms with van der Waals surface area (Å²) >= 11 is 11.3. The van der Waals surface area contributed by atoms with Crippen molar-refractivity contribution in [2.75, 3.05) is 18.4 Å². The molecule has 1 aromatic heterocycles. The third-order valence-corrected chi connectivity index (χ3v) is 8.27. The number of piperidine rings is 1. The summed E-state index contributed by atoms with van der Waals surface area (Å²) in [6, 6.07) is 18.8. The molecule has 1 unspecified atom stereocenters. The van der Waals surface area contributed by atoms with Gasteiger partial charge in [0.2, 0.25) is 11.0 Å². The number of hydrogen-bond donors (Lipinski definition) is 2. The largest absolute Gasteiger partial charge is 0.493 e. The average Bonchev–Trinajstić information content (AvgIpc) is 3.19. The molecule has 0 aliphatic carbocycles. The van der Waals surface area contributed by atoms with Crippen molar-refractivity contribution in [3.05, 3.63) is 83.1 Å². The topological polar surface area (TPSA) is 82.2 Å². The van der Waals surface area contributed by atoms with Gasteiger partial charge in [0.15, 0.2) is 5.69 Å². The zero-order valence-electron chi connectivity index (χ0n) is 20.3. The summed E-state index contributed by atoms with van der Waals surface area (Å²) in [7, 11) is -1.34. The number of nitrogens with zero attached hydrogens (tertiary/aromatic N) is 4. The fourth-order valence-electron chi connectivity index (χ4n) is 4.42. The molecule has 2 N–H and O–H groups in total. The van der Waals surface area contributed by atoms with Crippen molar-refractivity contribution in [1.29, 1.82) is 0 Å². The quantitative estimate of drug-likeness (QED) is 0.190. The molecule has 196 valence electrons. The van der Waals surface area contributed by atoms with Crippen LogP contribution < -0.4 is 5.32 Å². The zero-order chi connectivity index (χ0) is 26.6. The van der Waals surface area contributed by atoms with Gasteiger partial charge >= 0.3 is 0 Å². The number of nitrogens with one attached hydrogen (secondary N) is 1. The molecule has 0 radical (unpaired) electrons. The third kappa shape index (κ3) is 5.78. The van der Waals surface area contributed by atoms with E-state index in [1.807, 2.05) is 28.6 Å². The van der Waals surface area contributed by atoms with E-state index >= 15 is 0 Å². The number of benzene rings is 3. The van der Waals surface area contributed by atoms with Crippen molar-refractivity contribution in [1.82, 2.24) is 8.87 Å². The van der Waals surface area contributed by atoms with Crippen molar-refractivity contribution >= 4 is 62.2 Å². The maximum Gasteiger partial charge on any atom is 0.221 e. The normalized spacial score (nSPS) is 15.2. The molecule has 1 fully saturated rings. The van der Waals surface area contributed by atoms with Gasteiger partial charge in [0, 0.05) is 23.5 Å². The van der Waals surface area contributed by atoms with E-state index in [9.17, 15) is 13.7 Å². The fraction of sp³-hybridized carbons (Fsp3) is 0.222. The molecule has 0 spiro atoms. The van der Waals surface area contributed by atoms with Gasteiger partial charge in [-0.2, -0.15) is 0 Å². The Morgan fingerprint density at radius 1 is 1.08 bits per heavy atom. The van der Waals surface area contributed by atoms with Gasteiger partial charge in [0.05, 0.1) is 22.6 Å². The summed E-state index contributed by atoms with van der Waals surface area (Å²) in [5.41, 5.74) is 1.97. The molecule has 11 heteroatoms. The maximum absolute atomic E-state index is 14.0. The minimum Gasteiger partial charge on any atom is -0.493 e. The first-order valence-corrected chi connectivity index (χ1v) is 14.0. The van der Waals surface area contributed by atoms with Crippen LogP contribution in [0.25, 0.3) is 10.9 Å². The number of hydrogen-bond acceptors (Lipinski definition) is 4. The second-order valence-corrected chi connectivity index (χ2v) is 11.2. The zero-order valence-corrected chi connectivity index (χ0v) is 22.7. The molecule has 5 rings (SSSR count). The van der Waals surface area contributed by atoms with Gasteiger partial charge in [-0.3, -0.25) is 0 Å². The molecule has 7 nitrogen and oxygen atoms in total. The average molecular weight is 570 g/mol. The number of anilines is 1. The molecule has 1 aliphatic rings. The van der Waals surface area contributed by atoms with Crippen LogP contribution in [-0.2, 0) is 17.5 Å². The molecular formula is C27H25ClFN5O2S2. The second-order valence-electron chi connectivity index (χ2n) is 8.91. The molecule has 3 aromatic carbocycles. The van der Waals surface area contributed by atoms with Crippen molar-refractivity contribution in [2.24, 2.45) is 10.2 Å². The van der Waals surface area contributed by atoms with Crippen LogP contribution in [0.2, 0.25) is 5.02 Å². The maximum atomic E-state index is 14.0. The van der Waals surface area contributed by atoms with E-state index in [0.717, 1.165) is 37.9 Å². The number of aromatic nitrogens is 1. The number of para-hydroxylation sites is 1. The van der Waals surface area contributed by atoms with E-state index in [-0.39, 0.29) is 22.4 Å². The Bertz CT molecular complexity index is 1530. The van der Waals surface area contributed by atoms with Gasteiger partial charge in [-0.25, -0.2) is 12.9 Å². The SMILES string of the molecule is O=S(c1ccc2c(c1)c(N=NC(=S)Nc1ccccc1F)c(O)n2Cc1ccc(Cl)cc1)N1CCCCC1. The van der Waals surface area contributed by atoms with E-state index in [4.69, 9.17) is 23.8 Å². The molecule has 2 heterocycles. The number of rotatable bonds is 6. The van der Waals surface area contributed by atoms with Crippen LogP contribution >= 0.6 is 23.8 Å². The molecular weight excluding hydrogens is 545 g/mol. The van der Waals surface area contributed by atoms with Crippen LogP contribution in [-0.4, -0.2) is 36.4 Å². The molecule has 0 saturated carbocycles. The third-order valence-electron chi connectivity index (χ3n) is 6.34. The van der Waals surface area contributed by atoms with E-state index < -0.39 is 16.8 Å². The van der Waals surface area contributed by atoms with Crippen molar-refractivity contribution in [3.63, 3.8) is 0 Å². The highest BCUT2D eigenvalue weighted by Crippen LogP contribution is 2.40. The number of azo groups is 1. The molecule has 38 heavy (non-hydrogen) atoms. The smallest absolute Gasteiger partial charge is 0.221 e. The van der Waals surface area contributed by atoms with E-state index in [2.05, 4.69) is 15.5 Å². The van der Waals surface area contributed by atoms with Crippen LogP contribution in [0, 0.1) is 5.82 Å². The number of halogens is 2. The Morgan fingerprint density at radius 3 is 2.55 bits per heavy atom. The van der Waals surface area contributed by atoms with E-state index in [0.29, 0.717) is 27.4 Å². The lowest BCUT2D eigenvalue weighted by Crippen LogP contribution is -2.31. The van der Waals surface area contributed by atoms with Crippen molar-refractivity contribution in [2.45, 2.75) is 30.7 Å². The first kappa shape index (κ1) is 26.4. The summed E-state index contributed by atoms with van der Waals surface area (Å²) in [5.74, 6) is -0.592. The minimum absolute atomic E-state index is 0.0684. The highest BCUT2D eigenvalue weighted by atomic mass is 35.5. The second kappa shape index (κ2) is 11.7. The van der Waals surface area contributed by atoms with Crippen LogP contribution in [0.15, 0.2) is 81.9 Å². The Balaban J connectivity index is 1.52. The molecule has 4 aromatic rings. The van der Waals surface area contributed by atoms with Gasteiger partial charge < -0.3 is 15.0 Å². The molecule has 1 atom stereocenters. The minimum atomic E-state index is -1.34. The first-order chi connectivity index (χ1) is 18.4. The monoisotopic (exact) mass is 569 g/mol. The van der Waals surface area contributed by atoms with Crippen LogP contribution in [0.1, 0.15) is 24.8 Å². The predicted molar refractivity (Wildman–Crippen MR) is 153 cm³/mol. The molecule has 0 amide bonds. The number of thiocarbonyl (C=S) groups is 1. The van der Waals surface area contributed by atoms with Crippen LogP contribution in [0.3, 0.4) is 0 Å². The highest BCUT2D eigenvalue weighted by Gasteiger charge is 2.22.